The van der Waals surface area contributed by atoms with Gasteiger partial charge >= 0.3 is 0 Å². The normalized spacial score (nSPS) is 10.4. The van der Waals surface area contributed by atoms with Crippen molar-refractivity contribution in [2.45, 2.75) is 26.2 Å². The van der Waals surface area contributed by atoms with Crippen LogP contribution in [-0.4, -0.2) is 20.3 Å². The van der Waals surface area contributed by atoms with E-state index in [0.29, 0.717) is 0 Å². The fourth-order valence-corrected chi connectivity index (χ4v) is 1.38. The lowest BCUT2D eigenvalue weighted by Gasteiger charge is -2.06. The average molecular weight is 223 g/mol. The molecule has 0 amide bonds. The van der Waals surface area contributed by atoms with E-state index in [4.69, 9.17) is 9.57 Å². The van der Waals surface area contributed by atoms with Crippen molar-refractivity contribution in [1.82, 2.24) is 5.48 Å². The number of benzene rings is 1. The maximum atomic E-state index is 5.59. The predicted octanol–water partition coefficient (Wildman–Crippen LogP) is 2.56. The van der Waals surface area contributed by atoms with Crippen LogP contribution in [0, 0.1) is 0 Å². The second-order valence-electron chi connectivity index (χ2n) is 3.69. The van der Waals surface area contributed by atoms with E-state index in [2.05, 4.69) is 24.5 Å². The van der Waals surface area contributed by atoms with Crippen molar-refractivity contribution in [3.63, 3.8) is 0 Å². The zero-order valence-corrected chi connectivity index (χ0v) is 10.2. The Morgan fingerprint density at radius 3 is 2.56 bits per heavy atom. The molecule has 0 bridgehead atoms. The number of nitrogens with one attached hydrogen (secondary N) is 1. The summed E-state index contributed by atoms with van der Waals surface area (Å²) in [5, 5.41) is 0. The molecule has 0 unspecified atom stereocenters. The second kappa shape index (κ2) is 8.13. The maximum Gasteiger partial charge on any atom is 0.119 e. The van der Waals surface area contributed by atoms with Gasteiger partial charge in [0.2, 0.25) is 0 Å². The summed E-state index contributed by atoms with van der Waals surface area (Å²) < 4.78 is 5.59. The first kappa shape index (κ1) is 13.0. The minimum atomic E-state index is 0.807. The minimum Gasteiger partial charge on any atom is -0.494 e. The molecule has 3 nitrogen and oxygen atoms in total. The molecule has 0 aliphatic rings. The van der Waals surface area contributed by atoms with Crippen molar-refractivity contribution in [3.05, 3.63) is 29.8 Å². The van der Waals surface area contributed by atoms with Gasteiger partial charge in [-0.3, -0.25) is 0 Å². The Morgan fingerprint density at radius 2 is 1.94 bits per heavy atom. The van der Waals surface area contributed by atoms with Crippen LogP contribution in [0.15, 0.2) is 24.3 Å². The van der Waals surface area contributed by atoms with E-state index < -0.39 is 0 Å². The Labute approximate surface area is 97.7 Å². The molecular formula is C13H21NO2. The molecule has 16 heavy (non-hydrogen) atoms. The predicted molar refractivity (Wildman–Crippen MR) is 65.6 cm³/mol. The summed E-state index contributed by atoms with van der Waals surface area (Å²) in [7, 11) is 1.63. The van der Waals surface area contributed by atoms with E-state index in [1.165, 1.54) is 12.0 Å². The zero-order valence-electron chi connectivity index (χ0n) is 10.2. The lowest BCUT2D eigenvalue weighted by atomic mass is 10.1. The monoisotopic (exact) mass is 223 g/mol. The molecule has 0 spiro atoms. The Kier molecular flexibility index (Phi) is 6.61. The highest BCUT2D eigenvalue weighted by Gasteiger charge is 1.95. The molecule has 0 radical (unpaired) electrons. The van der Waals surface area contributed by atoms with E-state index in [1.54, 1.807) is 7.11 Å². The highest BCUT2D eigenvalue weighted by atomic mass is 16.6. The number of ether oxygens (including phenoxy) is 1. The summed E-state index contributed by atoms with van der Waals surface area (Å²) in [5.41, 5.74) is 4.11. The average Bonchev–Trinajstić information content (AvgIpc) is 2.32. The van der Waals surface area contributed by atoms with Gasteiger partial charge in [0.25, 0.3) is 0 Å². The van der Waals surface area contributed by atoms with Crippen molar-refractivity contribution in [3.8, 4) is 5.75 Å². The molecule has 0 fully saturated rings. The Bertz CT molecular complexity index is 243. The van der Waals surface area contributed by atoms with Crippen molar-refractivity contribution >= 4 is 0 Å². The van der Waals surface area contributed by atoms with Gasteiger partial charge in [0, 0.05) is 6.54 Å². The highest BCUT2D eigenvalue weighted by molar-refractivity contribution is 5.27. The summed E-state index contributed by atoms with van der Waals surface area (Å²) in [6.45, 7) is 3.79. The van der Waals surface area contributed by atoms with Gasteiger partial charge in [-0.15, -0.1) is 0 Å². The van der Waals surface area contributed by atoms with Crippen LogP contribution in [-0.2, 0) is 11.3 Å². The van der Waals surface area contributed by atoms with Gasteiger partial charge in [-0.05, 0) is 30.5 Å². The zero-order chi connectivity index (χ0) is 11.6. The van der Waals surface area contributed by atoms with Crippen LogP contribution in [0.2, 0.25) is 0 Å². The lowest BCUT2D eigenvalue weighted by Crippen LogP contribution is -2.15. The third-order valence-electron chi connectivity index (χ3n) is 2.35. The van der Waals surface area contributed by atoms with Gasteiger partial charge < -0.3 is 9.57 Å². The van der Waals surface area contributed by atoms with Gasteiger partial charge in [0.05, 0.1) is 13.7 Å². The summed E-state index contributed by atoms with van der Waals surface area (Å²) in [6.07, 6.45) is 3.24. The lowest BCUT2D eigenvalue weighted by molar-refractivity contribution is 0.0928. The number of hydrogen-bond donors (Lipinski definition) is 1. The van der Waals surface area contributed by atoms with Crippen LogP contribution in [0.5, 0.6) is 5.75 Å². The van der Waals surface area contributed by atoms with Crippen LogP contribution >= 0.6 is 0 Å². The molecule has 0 heterocycles. The van der Waals surface area contributed by atoms with Crippen molar-refractivity contribution in [2.75, 3.05) is 20.3 Å². The number of hydrogen-bond acceptors (Lipinski definition) is 3. The van der Waals surface area contributed by atoms with Crippen LogP contribution < -0.4 is 10.2 Å². The maximum absolute atomic E-state index is 5.59. The Morgan fingerprint density at radius 1 is 1.19 bits per heavy atom. The summed E-state index contributed by atoms with van der Waals surface area (Å²) in [4.78, 5) is 4.78. The fourth-order valence-electron chi connectivity index (χ4n) is 1.38. The molecule has 0 saturated heterocycles. The quantitative estimate of drug-likeness (QED) is 0.542. The molecule has 0 atom stereocenters. The first-order valence-corrected chi connectivity index (χ1v) is 5.84. The summed E-state index contributed by atoms with van der Waals surface area (Å²) in [5.74, 6) is 0.955. The summed E-state index contributed by atoms with van der Waals surface area (Å²) >= 11 is 0. The van der Waals surface area contributed by atoms with E-state index in [1.807, 2.05) is 12.1 Å². The van der Waals surface area contributed by atoms with Crippen LogP contribution in [0.4, 0.5) is 0 Å². The van der Waals surface area contributed by atoms with Gasteiger partial charge in [-0.1, -0.05) is 25.5 Å². The van der Waals surface area contributed by atoms with Gasteiger partial charge in [-0.25, -0.2) is 5.48 Å². The van der Waals surface area contributed by atoms with E-state index in [9.17, 15) is 0 Å². The van der Waals surface area contributed by atoms with Gasteiger partial charge in [-0.2, -0.15) is 0 Å². The molecule has 1 N–H and O–H groups in total. The first-order valence-electron chi connectivity index (χ1n) is 5.84. The molecule has 90 valence electrons. The highest BCUT2D eigenvalue weighted by Crippen LogP contribution is 2.12. The molecular weight excluding hydrogens is 202 g/mol. The summed E-state index contributed by atoms with van der Waals surface area (Å²) in [6, 6.07) is 8.24. The third-order valence-corrected chi connectivity index (χ3v) is 2.35. The topological polar surface area (TPSA) is 30.5 Å². The number of unbranched alkanes of at least 4 members (excludes halogenated alkanes) is 1. The van der Waals surface area contributed by atoms with Crippen molar-refractivity contribution < 1.29 is 9.57 Å². The van der Waals surface area contributed by atoms with Crippen LogP contribution in [0.1, 0.15) is 25.3 Å². The van der Waals surface area contributed by atoms with Crippen molar-refractivity contribution in [2.24, 2.45) is 0 Å². The number of hydroxylamine groups is 1. The van der Waals surface area contributed by atoms with Crippen LogP contribution in [0.3, 0.4) is 0 Å². The minimum absolute atomic E-state index is 0.807. The molecule has 1 rings (SSSR count). The standard InChI is InChI=1S/C13H21NO2/c1-3-4-11-16-13-7-5-12(6-8-13)9-10-14-15-2/h5-8,14H,3-4,9-11H2,1-2H3. The second-order valence-corrected chi connectivity index (χ2v) is 3.69. The Balaban J connectivity index is 2.30. The van der Waals surface area contributed by atoms with E-state index in [0.717, 1.165) is 31.7 Å². The molecule has 0 aliphatic carbocycles. The van der Waals surface area contributed by atoms with E-state index >= 15 is 0 Å². The Hall–Kier alpha value is -1.06. The fraction of sp³-hybridized carbons (Fsp3) is 0.538. The first-order chi connectivity index (χ1) is 7.86. The SMILES string of the molecule is CCCCOc1ccc(CCNOC)cc1. The van der Waals surface area contributed by atoms with Crippen LogP contribution in [0.25, 0.3) is 0 Å². The smallest absolute Gasteiger partial charge is 0.119 e. The molecule has 3 heteroatoms. The molecule has 0 aliphatic heterocycles. The van der Waals surface area contributed by atoms with Gasteiger partial charge in [0.15, 0.2) is 0 Å². The molecule has 0 saturated carbocycles. The van der Waals surface area contributed by atoms with E-state index in [-0.39, 0.29) is 0 Å². The largest absolute Gasteiger partial charge is 0.494 e. The molecule has 0 aromatic heterocycles. The van der Waals surface area contributed by atoms with Crippen molar-refractivity contribution in [1.29, 1.82) is 0 Å². The van der Waals surface area contributed by atoms with Gasteiger partial charge in [0.1, 0.15) is 5.75 Å². The number of rotatable bonds is 8. The molecule has 1 aromatic rings. The molecule has 1 aromatic carbocycles. The third kappa shape index (κ3) is 5.14.